The van der Waals surface area contributed by atoms with E-state index < -0.39 is 0 Å². The quantitative estimate of drug-likeness (QED) is 0.576. The minimum atomic E-state index is 0.612. The zero-order valence-corrected chi connectivity index (χ0v) is 11.4. The number of rotatable bonds is 3. The number of para-hydroxylation sites is 1. The lowest BCUT2D eigenvalue weighted by Gasteiger charge is -2.06. The standard InChI is InChI=1S/C15H10N6O/c1-2-6-11(7-3-1)15-14(17-20-22-15)12-8-4-5-9-13(12)21-10-16-18-19-21/h1-10H. The smallest absolute Gasteiger partial charge is 0.195 e. The van der Waals surface area contributed by atoms with Gasteiger partial charge in [0.05, 0.1) is 5.69 Å². The Bertz CT molecular complexity index is 885. The highest BCUT2D eigenvalue weighted by molar-refractivity contribution is 5.80. The second-order valence-corrected chi connectivity index (χ2v) is 4.59. The molecule has 0 saturated heterocycles. The molecular formula is C15H10N6O. The van der Waals surface area contributed by atoms with Gasteiger partial charge >= 0.3 is 0 Å². The van der Waals surface area contributed by atoms with Crippen LogP contribution in [0.5, 0.6) is 0 Å². The molecule has 7 heteroatoms. The summed E-state index contributed by atoms with van der Waals surface area (Å²) < 4.78 is 6.94. The lowest BCUT2D eigenvalue weighted by Crippen LogP contribution is -1.98. The van der Waals surface area contributed by atoms with Crippen molar-refractivity contribution in [1.29, 1.82) is 0 Å². The molecule has 0 unspecified atom stereocenters. The van der Waals surface area contributed by atoms with Crippen molar-refractivity contribution >= 4 is 0 Å². The molecule has 106 valence electrons. The average Bonchev–Trinajstić information content (AvgIpc) is 3.27. The molecule has 0 aliphatic heterocycles. The molecule has 4 aromatic rings. The molecule has 2 aromatic heterocycles. The number of tetrazole rings is 1. The lowest BCUT2D eigenvalue weighted by atomic mass is 10.0. The van der Waals surface area contributed by atoms with Crippen LogP contribution in [0.15, 0.2) is 65.4 Å². The summed E-state index contributed by atoms with van der Waals surface area (Å²) in [4.78, 5) is 0. The maximum absolute atomic E-state index is 5.36. The summed E-state index contributed by atoms with van der Waals surface area (Å²) in [5.74, 6) is 0.612. The average molecular weight is 290 g/mol. The van der Waals surface area contributed by atoms with Crippen LogP contribution in [0.3, 0.4) is 0 Å². The number of nitrogens with zero attached hydrogens (tertiary/aromatic N) is 6. The molecule has 22 heavy (non-hydrogen) atoms. The first kappa shape index (κ1) is 12.4. The van der Waals surface area contributed by atoms with Crippen molar-refractivity contribution in [3.05, 3.63) is 60.9 Å². The summed E-state index contributed by atoms with van der Waals surface area (Å²) in [6, 6.07) is 17.4. The Morgan fingerprint density at radius 2 is 1.73 bits per heavy atom. The van der Waals surface area contributed by atoms with Gasteiger partial charge in [0.2, 0.25) is 0 Å². The highest BCUT2D eigenvalue weighted by atomic mass is 16.5. The monoisotopic (exact) mass is 290 g/mol. The highest BCUT2D eigenvalue weighted by Crippen LogP contribution is 2.33. The number of aromatic nitrogens is 6. The molecule has 0 radical (unpaired) electrons. The van der Waals surface area contributed by atoms with Crippen LogP contribution >= 0.6 is 0 Å². The molecule has 4 rings (SSSR count). The van der Waals surface area contributed by atoms with Crippen molar-refractivity contribution in [3.8, 4) is 28.3 Å². The minimum Gasteiger partial charge on any atom is -0.336 e. The Morgan fingerprint density at radius 1 is 0.909 bits per heavy atom. The molecule has 0 saturated carbocycles. The summed E-state index contributed by atoms with van der Waals surface area (Å²) in [5, 5.41) is 19.1. The molecule has 0 atom stereocenters. The van der Waals surface area contributed by atoms with E-state index in [-0.39, 0.29) is 0 Å². The van der Waals surface area contributed by atoms with Crippen LogP contribution in [-0.2, 0) is 0 Å². The zero-order chi connectivity index (χ0) is 14.8. The van der Waals surface area contributed by atoms with E-state index in [4.69, 9.17) is 4.52 Å². The van der Waals surface area contributed by atoms with Gasteiger partial charge in [-0.25, -0.2) is 0 Å². The molecule has 2 aromatic carbocycles. The molecule has 0 aliphatic rings. The third-order valence-electron chi connectivity index (χ3n) is 3.28. The maximum atomic E-state index is 5.36. The molecular weight excluding hydrogens is 280 g/mol. The van der Waals surface area contributed by atoms with Crippen LogP contribution in [0.4, 0.5) is 0 Å². The van der Waals surface area contributed by atoms with Crippen LogP contribution < -0.4 is 0 Å². The number of hydrogen-bond acceptors (Lipinski definition) is 6. The van der Waals surface area contributed by atoms with Gasteiger partial charge in [-0.2, -0.15) is 4.68 Å². The Morgan fingerprint density at radius 3 is 2.55 bits per heavy atom. The summed E-state index contributed by atoms with van der Waals surface area (Å²) in [6.45, 7) is 0. The fraction of sp³-hybridized carbons (Fsp3) is 0. The van der Waals surface area contributed by atoms with Crippen molar-refractivity contribution in [3.63, 3.8) is 0 Å². The minimum absolute atomic E-state index is 0.612. The van der Waals surface area contributed by atoms with Gasteiger partial charge in [0, 0.05) is 16.4 Å². The molecule has 0 bridgehead atoms. The third kappa shape index (κ3) is 2.05. The number of hydrogen-bond donors (Lipinski definition) is 0. The van der Waals surface area contributed by atoms with Gasteiger partial charge in [-0.1, -0.05) is 48.5 Å². The van der Waals surface area contributed by atoms with E-state index in [9.17, 15) is 0 Å². The Hall–Kier alpha value is -3.35. The SMILES string of the molecule is c1ccc(-c2onnc2-c2ccccc2-n2cnnn2)cc1. The third-order valence-corrected chi connectivity index (χ3v) is 3.28. The van der Waals surface area contributed by atoms with Gasteiger partial charge in [-0.3, -0.25) is 0 Å². The first-order valence-corrected chi connectivity index (χ1v) is 6.64. The van der Waals surface area contributed by atoms with E-state index in [1.165, 1.54) is 6.33 Å². The van der Waals surface area contributed by atoms with E-state index in [1.54, 1.807) is 4.68 Å². The van der Waals surface area contributed by atoms with E-state index in [0.29, 0.717) is 11.5 Å². The fourth-order valence-electron chi connectivity index (χ4n) is 2.29. The molecule has 0 amide bonds. The predicted octanol–water partition coefficient (Wildman–Crippen LogP) is 2.38. The second-order valence-electron chi connectivity index (χ2n) is 4.59. The van der Waals surface area contributed by atoms with Crippen LogP contribution in [0.25, 0.3) is 28.3 Å². The molecule has 0 fully saturated rings. The van der Waals surface area contributed by atoms with E-state index in [1.807, 2.05) is 54.6 Å². The van der Waals surface area contributed by atoms with Crippen molar-refractivity contribution in [2.24, 2.45) is 0 Å². The van der Waals surface area contributed by atoms with Gasteiger partial charge in [-0.05, 0) is 16.5 Å². The van der Waals surface area contributed by atoms with Gasteiger partial charge in [0.1, 0.15) is 12.0 Å². The van der Waals surface area contributed by atoms with Crippen molar-refractivity contribution in [2.75, 3.05) is 0 Å². The second kappa shape index (κ2) is 5.21. The molecule has 2 heterocycles. The Labute approximate surface area is 125 Å². The lowest BCUT2D eigenvalue weighted by molar-refractivity contribution is 0.403. The molecule has 0 aliphatic carbocycles. The van der Waals surface area contributed by atoms with Gasteiger partial charge in [0.15, 0.2) is 5.76 Å². The Kier molecular flexibility index (Phi) is 2.93. The van der Waals surface area contributed by atoms with Crippen molar-refractivity contribution in [1.82, 2.24) is 30.6 Å². The first-order chi connectivity index (χ1) is 10.9. The summed E-state index contributed by atoms with van der Waals surface area (Å²) in [6.07, 6.45) is 1.54. The normalized spacial score (nSPS) is 10.7. The molecule has 0 N–H and O–H groups in total. The predicted molar refractivity (Wildman–Crippen MR) is 77.9 cm³/mol. The molecule has 0 spiro atoms. The largest absolute Gasteiger partial charge is 0.336 e. The van der Waals surface area contributed by atoms with Crippen LogP contribution in [-0.4, -0.2) is 30.6 Å². The van der Waals surface area contributed by atoms with Gasteiger partial charge in [0.25, 0.3) is 0 Å². The van der Waals surface area contributed by atoms with Crippen LogP contribution in [0, 0.1) is 0 Å². The van der Waals surface area contributed by atoms with E-state index in [0.717, 1.165) is 16.8 Å². The van der Waals surface area contributed by atoms with Gasteiger partial charge in [-0.15, -0.1) is 10.2 Å². The molecule has 7 nitrogen and oxygen atoms in total. The highest BCUT2D eigenvalue weighted by Gasteiger charge is 2.18. The first-order valence-electron chi connectivity index (χ1n) is 6.64. The van der Waals surface area contributed by atoms with E-state index >= 15 is 0 Å². The maximum Gasteiger partial charge on any atom is 0.195 e. The van der Waals surface area contributed by atoms with Crippen molar-refractivity contribution < 1.29 is 4.52 Å². The van der Waals surface area contributed by atoms with Crippen molar-refractivity contribution in [2.45, 2.75) is 0 Å². The summed E-state index contributed by atoms with van der Waals surface area (Å²) >= 11 is 0. The summed E-state index contributed by atoms with van der Waals surface area (Å²) in [7, 11) is 0. The summed E-state index contributed by atoms with van der Waals surface area (Å²) in [5.41, 5.74) is 3.21. The zero-order valence-electron chi connectivity index (χ0n) is 11.4. The fourth-order valence-corrected chi connectivity index (χ4v) is 2.29. The van der Waals surface area contributed by atoms with Crippen LogP contribution in [0.2, 0.25) is 0 Å². The van der Waals surface area contributed by atoms with E-state index in [2.05, 4.69) is 25.9 Å². The Balaban J connectivity index is 1.90. The topological polar surface area (TPSA) is 82.5 Å². The van der Waals surface area contributed by atoms with Gasteiger partial charge < -0.3 is 4.52 Å². The number of benzene rings is 2. The van der Waals surface area contributed by atoms with Crippen LogP contribution in [0.1, 0.15) is 0 Å².